The van der Waals surface area contributed by atoms with Crippen LogP contribution in [0, 0.1) is 17.8 Å². The van der Waals surface area contributed by atoms with Crippen LogP contribution in [0.5, 0.6) is 0 Å². The third kappa shape index (κ3) is 7.62. The Labute approximate surface area is 306 Å². The zero-order valence-electron chi connectivity index (χ0n) is 27.6. The van der Waals surface area contributed by atoms with Gasteiger partial charge < -0.3 is 20.1 Å². The van der Waals surface area contributed by atoms with Gasteiger partial charge in [-0.3, -0.25) is 24.8 Å². The monoisotopic (exact) mass is 696 g/mol. The first kappa shape index (κ1) is 37.1. The van der Waals surface area contributed by atoms with Crippen LogP contribution in [0.15, 0.2) is 71.9 Å². The number of carboxylic acid groups (broad SMARTS) is 1. The van der Waals surface area contributed by atoms with Crippen molar-refractivity contribution in [2.24, 2.45) is 22.7 Å². The van der Waals surface area contributed by atoms with Gasteiger partial charge in [0.2, 0.25) is 7.94 Å². The number of rotatable bonds is 11. The van der Waals surface area contributed by atoms with Crippen LogP contribution in [0.25, 0.3) is 21.7 Å². The van der Waals surface area contributed by atoms with E-state index in [1.165, 1.54) is 0 Å². The molecule has 3 heterocycles. The van der Waals surface area contributed by atoms with Crippen LogP contribution in [-0.2, 0) is 11.2 Å². The van der Waals surface area contributed by atoms with Gasteiger partial charge in [-0.2, -0.15) is 0 Å². The number of H-pyrrole nitrogens is 1. The molecule has 0 aliphatic carbocycles. The molecule has 0 unspecified atom stereocenters. The van der Waals surface area contributed by atoms with Crippen LogP contribution in [0.1, 0.15) is 59.4 Å². The maximum absolute atomic E-state index is 13.6. The van der Waals surface area contributed by atoms with Gasteiger partial charge in [0.25, 0.3) is 11.8 Å². The van der Waals surface area contributed by atoms with E-state index in [9.17, 15) is 39.3 Å². The standard InChI is InChI=1S/C35H39N4O8P.Na/c1-19(2)15-21-16-28(31(40)37-29(35(43)44)17-22-18-36-27-12-4-3-9-23(22)27)38-32(48(45,46)47)24(21)13-14-39-33(41)25-10-5-7-20-8-6-11-26(30(20)25)34(39)42;/h3-12,18-19,21,24,28-29,32,36,38H,13-17H2,1-2H3,(H,37,40)(H,43,44)(H2,45,46,47);/q;+1/p-1/t21-,24+,28-,29-,32-;/m0./s1. The SMILES string of the molecule is CC(C)C[C@H]1C[C@@H](C([O-])=N[C@@H](Cc2c[nH]c3ccccc23)C(=O)O)N[C@@H]([P+]([O-])(O)O)[C@@H]1CCN1C(=O)c2cccc3cccc(c23)C1=O.[Na+]. The van der Waals surface area contributed by atoms with E-state index in [1.54, 1.807) is 30.5 Å². The van der Waals surface area contributed by atoms with Crippen LogP contribution >= 0.6 is 7.94 Å². The summed E-state index contributed by atoms with van der Waals surface area (Å²) in [6.45, 7) is 3.85. The molecule has 49 heavy (non-hydrogen) atoms. The number of para-hydroxylation sites is 1. The van der Waals surface area contributed by atoms with Crippen LogP contribution in [0.2, 0.25) is 0 Å². The van der Waals surface area contributed by atoms with Gasteiger partial charge in [-0.15, -0.1) is 0 Å². The number of fused-ring (bicyclic) bond motifs is 1. The molecule has 4 aromatic rings. The molecule has 1 fully saturated rings. The van der Waals surface area contributed by atoms with Gasteiger partial charge in [0.15, 0.2) is 5.78 Å². The fourth-order valence-corrected chi connectivity index (χ4v) is 8.69. The number of piperidine rings is 1. The van der Waals surface area contributed by atoms with E-state index in [1.807, 2.05) is 50.2 Å². The van der Waals surface area contributed by atoms with E-state index in [4.69, 9.17) is 0 Å². The molecule has 14 heteroatoms. The summed E-state index contributed by atoms with van der Waals surface area (Å²) in [5.41, 5.74) is 2.28. The van der Waals surface area contributed by atoms with Gasteiger partial charge in [-0.05, 0) is 66.1 Å². The summed E-state index contributed by atoms with van der Waals surface area (Å²) >= 11 is 0. The molecule has 0 bridgehead atoms. The van der Waals surface area contributed by atoms with Crippen molar-refractivity contribution in [3.63, 3.8) is 0 Å². The number of aromatic amines is 1. The topological polar surface area (TPSA) is 201 Å². The van der Waals surface area contributed by atoms with E-state index >= 15 is 0 Å². The quantitative estimate of drug-likeness (QED) is 0.0465. The Morgan fingerprint density at radius 3 is 2.31 bits per heavy atom. The van der Waals surface area contributed by atoms with E-state index in [2.05, 4.69) is 15.3 Å². The molecule has 3 aromatic carbocycles. The van der Waals surface area contributed by atoms with Gasteiger partial charge in [-0.1, -0.05) is 56.3 Å². The van der Waals surface area contributed by atoms with Crippen LogP contribution < -0.4 is 44.9 Å². The molecular weight excluding hydrogens is 658 g/mol. The summed E-state index contributed by atoms with van der Waals surface area (Å²) in [4.78, 5) is 81.6. The van der Waals surface area contributed by atoms with Crippen molar-refractivity contribution in [3.05, 3.63) is 83.6 Å². The molecule has 2 aliphatic heterocycles. The minimum atomic E-state index is -4.89. The summed E-state index contributed by atoms with van der Waals surface area (Å²) in [6.07, 6.45) is 2.39. The van der Waals surface area contributed by atoms with Gasteiger partial charge in [-0.25, -0.2) is 14.6 Å². The smallest absolute Gasteiger partial charge is 0.861 e. The number of amides is 2. The van der Waals surface area contributed by atoms with Crippen molar-refractivity contribution in [3.8, 4) is 0 Å². The summed E-state index contributed by atoms with van der Waals surface area (Å²) in [5.74, 6) is -5.49. The summed E-state index contributed by atoms with van der Waals surface area (Å²) in [7, 11) is -4.89. The number of nitrogens with zero attached hydrogens (tertiary/aromatic N) is 2. The number of carboxylic acids is 1. The van der Waals surface area contributed by atoms with Crippen LogP contribution in [0.4, 0.5) is 0 Å². The average molecular weight is 697 g/mol. The fourth-order valence-electron chi connectivity index (χ4n) is 7.42. The molecule has 252 valence electrons. The number of hydrogen-bond acceptors (Lipinski definition) is 9. The summed E-state index contributed by atoms with van der Waals surface area (Å²) in [6, 6.07) is 15.3. The van der Waals surface area contributed by atoms with E-state index in [0.29, 0.717) is 28.5 Å². The summed E-state index contributed by atoms with van der Waals surface area (Å²) < 4.78 is 0. The number of carbonyl (C=O) groups is 3. The fraction of sp³-hybridized carbons (Fsp3) is 0.371. The minimum absolute atomic E-state index is 0. The predicted octanol–water partition coefficient (Wildman–Crippen LogP) is -0.160. The molecule has 12 nitrogen and oxygen atoms in total. The number of hydrogen-bond donors (Lipinski definition) is 5. The zero-order valence-corrected chi connectivity index (χ0v) is 30.5. The Morgan fingerprint density at radius 1 is 1.04 bits per heavy atom. The van der Waals surface area contributed by atoms with Crippen molar-refractivity contribution in [2.45, 2.75) is 57.4 Å². The van der Waals surface area contributed by atoms with Crippen LogP contribution in [0.3, 0.4) is 0 Å². The Hall–Kier alpha value is -3.19. The largest absolute Gasteiger partial charge is 1.00 e. The van der Waals surface area contributed by atoms with E-state index < -0.39 is 61.3 Å². The first-order valence-corrected chi connectivity index (χ1v) is 17.7. The van der Waals surface area contributed by atoms with Gasteiger partial charge >= 0.3 is 35.5 Å². The van der Waals surface area contributed by atoms with E-state index in [0.717, 1.165) is 21.2 Å². The molecule has 5 N–H and O–H groups in total. The predicted molar refractivity (Wildman–Crippen MR) is 178 cm³/mol. The second-order valence-electron chi connectivity index (χ2n) is 13.2. The molecule has 0 spiro atoms. The number of aromatic nitrogens is 1. The number of nitrogens with one attached hydrogen (secondary N) is 2. The molecule has 6 rings (SSSR count). The van der Waals surface area contributed by atoms with Crippen molar-refractivity contribution >= 4 is 53.3 Å². The number of imide groups is 1. The molecule has 1 saturated heterocycles. The molecular formula is C35H38N4NaO8P. The molecule has 1 aromatic heterocycles. The molecule has 0 saturated carbocycles. The third-order valence-corrected chi connectivity index (χ3v) is 10.8. The number of aliphatic imine (C=N–C) groups is 1. The minimum Gasteiger partial charge on any atom is -0.861 e. The maximum Gasteiger partial charge on any atom is 1.00 e. The Morgan fingerprint density at radius 2 is 1.69 bits per heavy atom. The van der Waals surface area contributed by atoms with Crippen molar-refractivity contribution in [1.82, 2.24) is 15.2 Å². The number of benzene rings is 3. The number of aliphatic carboxylic acids is 1. The first-order chi connectivity index (χ1) is 22.8. The second kappa shape index (κ2) is 15.0. The Balaban J connectivity index is 0.00000468. The van der Waals surface area contributed by atoms with Gasteiger partial charge in [0, 0.05) is 58.5 Å². The summed E-state index contributed by atoms with van der Waals surface area (Å²) in [5, 5.41) is 28.5. The van der Waals surface area contributed by atoms with Gasteiger partial charge in [0.05, 0.1) is 0 Å². The average Bonchev–Trinajstić information content (AvgIpc) is 3.45. The van der Waals surface area contributed by atoms with Crippen LogP contribution in [-0.4, -0.2) is 72.9 Å². The Kier molecular flexibility index (Phi) is 11.3. The van der Waals surface area contributed by atoms with Crippen molar-refractivity contribution in [1.29, 1.82) is 0 Å². The molecule has 5 atom stereocenters. The zero-order chi connectivity index (χ0) is 34.3. The first-order valence-electron chi connectivity index (χ1n) is 16.0. The number of carbonyl (C=O) groups excluding carboxylic acids is 2. The van der Waals surface area contributed by atoms with E-state index in [-0.39, 0.29) is 61.3 Å². The van der Waals surface area contributed by atoms with Crippen molar-refractivity contribution < 1.29 is 68.8 Å². The molecule has 2 amide bonds. The molecule has 2 aliphatic rings. The second-order valence-corrected chi connectivity index (χ2v) is 14.9. The van der Waals surface area contributed by atoms with Crippen molar-refractivity contribution in [2.75, 3.05) is 6.54 Å². The maximum atomic E-state index is 13.6. The normalized spacial score (nSPS) is 22.1. The third-order valence-electron chi connectivity index (χ3n) is 9.55. The molecule has 0 radical (unpaired) electrons. The Bertz CT molecular complexity index is 1860. The van der Waals surface area contributed by atoms with Gasteiger partial charge in [0.1, 0.15) is 6.04 Å².